The highest BCUT2D eigenvalue weighted by Crippen LogP contribution is 2.23. The van der Waals surface area contributed by atoms with E-state index in [4.69, 9.17) is 10.4 Å². The Kier molecular flexibility index (Phi) is 2.73. The Bertz CT molecular complexity index is 839. The summed E-state index contributed by atoms with van der Waals surface area (Å²) in [6.07, 6.45) is 1.60. The molecule has 2 aromatic heterocycles. The zero-order valence-corrected chi connectivity index (χ0v) is 10.4. The first-order chi connectivity index (χ1) is 9.69. The Labute approximate surface area is 115 Å². The lowest BCUT2D eigenvalue weighted by molar-refractivity contribution is 0.0696. The molecule has 0 aliphatic heterocycles. The predicted molar refractivity (Wildman–Crippen MR) is 74.5 cm³/mol. The van der Waals surface area contributed by atoms with Gasteiger partial charge in [0.2, 0.25) is 0 Å². The van der Waals surface area contributed by atoms with Gasteiger partial charge in [-0.2, -0.15) is 5.26 Å². The lowest BCUT2D eigenvalue weighted by atomic mass is 10.1. The lowest BCUT2D eigenvalue weighted by Gasteiger charge is -2.04. The molecule has 4 nitrogen and oxygen atoms in total. The van der Waals surface area contributed by atoms with E-state index in [1.165, 1.54) is 0 Å². The van der Waals surface area contributed by atoms with Crippen LogP contribution >= 0.6 is 0 Å². The monoisotopic (exact) mass is 262 g/mol. The van der Waals surface area contributed by atoms with E-state index in [0.717, 1.165) is 16.8 Å². The normalized spacial score (nSPS) is 10.3. The second kappa shape index (κ2) is 4.56. The van der Waals surface area contributed by atoms with Gasteiger partial charge in [0.1, 0.15) is 0 Å². The number of hydrogen-bond donors (Lipinski definition) is 1. The van der Waals surface area contributed by atoms with Crippen molar-refractivity contribution >= 4 is 11.5 Å². The molecule has 1 N–H and O–H groups in total. The minimum atomic E-state index is -0.952. The molecule has 0 saturated heterocycles. The molecule has 0 amide bonds. The van der Waals surface area contributed by atoms with Gasteiger partial charge >= 0.3 is 5.97 Å². The molecule has 1 aromatic carbocycles. The summed E-state index contributed by atoms with van der Waals surface area (Å²) < 4.78 is 1.84. The van der Waals surface area contributed by atoms with Gasteiger partial charge in [-0.1, -0.05) is 12.1 Å². The van der Waals surface area contributed by atoms with Crippen molar-refractivity contribution in [2.24, 2.45) is 0 Å². The van der Waals surface area contributed by atoms with Crippen LogP contribution in [0.4, 0.5) is 0 Å². The number of fused-ring (bicyclic) bond motifs is 1. The van der Waals surface area contributed by atoms with E-state index in [1.807, 2.05) is 28.7 Å². The Morgan fingerprint density at radius 3 is 2.40 bits per heavy atom. The fourth-order valence-corrected chi connectivity index (χ4v) is 2.18. The van der Waals surface area contributed by atoms with E-state index in [0.29, 0.717) is 5.56 Å². The van der Waals surface area contributed by atoms with Gasteiger partial charge in [0, 0.05) is 11.7 Å². The number of benzene rings is 1. The molecule has 0 aliphatic rings. The maximum atomic E-state index is 11.0. The van der Waals surface area contributed by atoms with E-state index in [1.54, 1.807) is 30.5 Å². The van der Waals surface area contributed by atoms with Crippen LogP contribution in [0.25, 0.3) is 16.8 Å². The average Bonchev–Trinajstić information content (AvgIpc) is 2.90. The Hall–Kier alpha value is -3.06. The molecule has 0 spiro atoms. The van der Waals surface area contributed by atoms with Gasteiger partial charge < -0.3 is 9.51 Å². The Morgan fingerprint density at radius 1 is 1.05 bits per heavy atom. The van der Waals surface area contributed by atoms with Crippen LogP contribution in [0, 0.1) is 11.3 Å². The molecule has 0 bridgehead atoms. The van der Waals surface area contributed by atoms with Crippen molar-refractivity contribution in [2.75, 3.05) is 0 Å². The number of nitrogens with zero attached hydrogens (tertiary/aromatic N) is 2. The SMILES string of the molecule is N#Cc1ccc(-c2ccc3ccc(C(=O)O)cn23)cc1. The van der Waals surface area contributed by atoms with Crippen LogP contribution in [0.15, 0.2) is 54.7 Å². The standard InChI is InChI=1S/C16H10N2O2/c17-9-11-1-3-12(4-2-11)15-8-7-14-6-5-13(16(19)20)10-18(14)15/h1-8,10H,(H,19,20). The number of hydrogen-bond acceptors (Lipinski definition) is 2. The third-order valence-corrected chi connectivity index (χ3v) is 3.21. The number of pyridine rings is 1. The second-order valence-corrected chi connectivity index (χ2v) is 4.43. The van der Waals surface area contributed by atoms with Crippen LogP contribution in [-0.4, -0.2) is 15.5 Å². The van der Waals surface area contributed by atoms with E-state index >= 15 is 0 Å². The van der Waals surface area contributed by atoms with Gasteiger partial charge in [0.15, 0.2) is 0 Å². The third-order valence-electron chi connectivity index (χ3n) is 3.21. The quantitative estimate of drug-likeness (QED) is 0.771. The minimum Gasteiger partial charge on any atom is -0.478 e. The van der Waals surface area contributed by atoms with Crippen molar-refractivity contribution in [2.45, 2.75) is 0 Å². The molecule has 0 saturated carbocycles. The number of nitriles is 1. The summed E-state index contributed by atoms with van der Waals surface area (Å²) >= 11 is 0. The molecule has 3 aromatic rings. The molecule has 0 aliphatic carbocycles. The van der Waals surface area contributed by atoms with Gasteiger partial charge in [-0.05, 0) is 42.0 Å². The molecule has 96 valence electrons. The van der Waals surface area contributed by atoms with Gasteiger partial charge in [0.05, 0.1) is 22.9 Å². The maximum absolute atomic E-state index is 11.0. The molecule has 0 atom stereocenters. The van der Waals surface area contributed by atoms with Gasteiger partial charge in [-0.15, -0.1) is 0 Å². The zero-order chi connectivity index (χ0) is 14.1. The number of aromatic nitrogens is 1. The van der Waals surface area contributed by atoms with Crippen LogP contribution in [0.5, 0.6) is 0 Å². The van der Waals surface area contributed by atoms with Gasteiger partial charge in [-0.3, -0.25) is 0 Å². The first-order valence-electron chi connectivity index (χ1n) is 6.04. The molecule has 3 rings (SSSR count). The van der Waals surface area contributed by atoms with Crippen molar-refractivity contribution in [1.82, 2.24) is 4.40 Å². The highest BCUT2D eigenvalue weighted by atomic mass is 16.4. The topological polar surface area (TPSA) is 65.5 Å². The third kappa shape index (κ3) is 1.91. The summed E-state index contributed by atoms with van der Waals surface area (Å²) in [5, 5.41) is 17.9. The van der Waals surface area contributed by atoms with Crippen molar-refractivity contribution in [3.63, 3.8) is 0 Å². The van der Waals surface area contributed by atoms with Crippen LogP contribution < -0.4 is 0 Å². The number of carboxylic acid groups (broad SMARTS) is 1. The minimum absolute atomic E-state index is 0.239. The highest BCUT2D eigenvalue weighted by molar-refractivity contribution is 5.88. The summed E-state index contributed by atoms with van der Waals surface area (Å²) in [7, 11) is 0. The first kappa shape index (κ1) is 12.0. The predicted octanol–water partition coefficient (Wildman–Crippen LogP) is 3.18. The number of carboxylic acids is 1. The molecule has 2 heterocycles. The summed E-state index contributed by atoms with van der Waals surface area (Å²) in [6, 6.07) is 16.5. The Morgan fingerprint density at radius 2 is 1.75 bits per heavy atom. The Balaban J connectivity index is 2.17. The fourth-order valence-electron chi connectivity index (χ4n) is 2.18. The van der Waals surface area contributed by atoms with Gasteiger partial charge in [0.25, 0.3) is 0 Å². The lowest BCUT2D eigenvalue weighted by Crippen LogP contribution is -1.99. The van der Waals surface area contributed by atoms with E-state index in [9.17, 15) is 4.79 Å². The molecule has 0 unspecified atom stereocenters. The number of carbonyl (C=O) groups is 1. The summed E-state index contributed by atoms with van der Waals surface area (Å²) in [4.78, 5) is 11.0. The van der Waals surface area contributed by atoms with Crippen LogP contribution in [-0.2, 0) is 0 Å². The van der Waals surface area contributed by atoms with Gasteiger partial charge in [-0.25, -0.2) is 4.79 Å². The highest BCUT2D eigenvalue weighted by Gasteiger charge is 2.08. The van der Waals surface area contributed by atoms with Crippen LogP contribution in [0.2, 0.25) is 0 Å². The maximum Gasteiger partial charge on any atom is 0.337 e. The van der Waals surface area contributed by atoms with Crippen molar-refractivity contribution in [3.05, 3.63) is 65.9 Å². The summed E-state index contributed by atoms with van der Waals surface area (Å²) in [6.45, 7) is 0. The molecule has 0 fully saturated rings. The zero-order valence-electron chi connectivity index (χ0n) is 10.4. The molecule has 4 heteroatoms. The summed E-state index contributed by atoms with van der Waals surface area (Å²) in [5.74, 6) is -0.952. The van der Waals surface area contributed by atoms with Crippen molar-refractivity contribution in [3.8, 4) is 17.3 Å². The summed E-state index contributed by atoms with van der Waals surface area (Å²) in [5.41, 5.74) is 3.60. The van der Waals surface area contributed by atoms with Crippen molar-refractivity contribution in [1.29, 1.82) is 5.26 Å². The largest absolute Gasteiger partial charge is 0.478 e. The molecular weight excluding hydrogens is 252 g/mol. The smallest absolute Gasteiger partial charge is 0.337 e. The average molecular weight is 262 g/mol. The van der Waals surface area contributed by atoms with E-state index in [-0.39, 0.29) is 5.56 Å². The number of rotatable bonds is 2. The van der Waals surface area contributed by atoms with Crippen LogP contribution in [0.3, 0.4) is 0 Å². The first-order valence-corrected chi connectivity index (χ1v) is 6.04. The van der Waals surface area contributed by atoms with E-state index in [2.05, 4.69) is 6.07 Å². The van der Waals surface area contributed by atoms with Crippen molar-refractivity contribution < 1.29 is 9.90 Å². The molecule has 0 radical (unpaired) electrons. The molecule has 20 heavy (non-hydrogen) atoms. The molecular formula is C16H10N2O2. The van der Waals surface area contributed by atoms with E-state index < -0.39 is 5.97 Å². The second-order valence-electron chi connectivity index (χ2n) is 4.43. The number of aromatic carboxylic acids is 1. The van der Waals surface area contributed by atoms with Crippen LogP contribution in [0.1, 0.15) is 15.9 Å². The fraction of sp³-hybridized carbons (Fsp3) is 0.